The van der Waals surface area contributed by atoms with Gasteiger partial charge >= 0.3 is 0 Å². The van der Waals surface area contributed by atoms with Gasteiger partial charge in [0.25, 0.3) is 11.8 Å². The van der Waals surface area contributed by atoms with E-state index in [4.69, 9.17) is 4.52 Å². The number of fused-ring (bicyclic) bond motifs is 1. The minimum absolute atomic E-state index is 0.118. The maximum absolute atomic E-state index is 12.2. The Bertz CT molecular complexity index is 777. The molecule has 0 saturated heterocycles. The lowest BCUT2D eigenvalue weighted by Crippen LogP contribution is -2.32. The first kappa shape index (κ1) is 16.9. The van der Waals surface area contributed by atoms with Gasteiger partial charge in [-0.2, -0.15) is 0 Å². The standard InChI is InChI=1S/C18H19N3O4/c1-12-11-13(25-20-12)8-9-19-16(22)7-4-10-21-17(23)14-5-2-3-6-15(14)18(21)24/h2-3,5-6,11H,4,7-10H2,1H3,(H,19,22). The summed E-state index contributed by atoms with van der Waals surface area (Å²) in [5.41, 5.74) is 1.67. The van der Waals surface area contributed by atoms with Gasteiger partial charge in [0.15, 0.2) is 0 Å². The molecule has 0 spiro atoms. The summed E-state index contributed by atoms with van der Waals surface area (Å²) in [6, 6.07) is 8.59. The maximum Gasteiger partial charge on any atom is 0.261 e. The molecule has 0 saturated carbocycles. The van der Waals surface area contributed by atoms with E-state index in [9.17, 15) is 14.4 Å². The average Bonchev–Trinajstić information content (AvgIpc) is 3.12. The second-order valence-electron chi connectivity index (χ2n) is 5.95. The van der Waals surface area contributed by atoms with Crippen LogP contribution in [0.4, 0.5) is 0 Å². The summed E-state index contributed by atoms with van der Waals surface area (Å²) in [7, 11) is 0. The van der Waals surface area contributed by atoms with Gasteiger partial charge in [0.2, 0.25) is 5.91 Å². The van der Waals surface area contributed by atoms with Crippen LogP contribution in [-0.2, 0) is 11.2 Å². The predicted molar refractivity (Wildman–Crippen MR) is 89.0 cm³/mol. The van der Waals surface area contributed by atoms with E-state index < -0.39 is 0 Å². The Kier molecular flexibility index (Phi) is 4.92. The molecule has 3 amide bonds. The Morgan fingerprint density at radius 2 is 1.88 bits per heavy atom. The van der Waals surface area contributed by atoms with Crippen molar-refractivity contribution in [3.63, 3.8) is 0 Å². The highest BCUT2D eigenvalue weighted by Crippen LogP contribution is 2.22. The highest BCUT2D eigenvalue weighted by Gasteiger charge is 2.34. The second kappa shape index (κ2) is 7.29. The van der Waals surface area contributed by atoms with Gasteiger partial charge in [0, 0.05) is 32.0 Å². The first-order chi connectivity index (χ1) is 12.1. The molecule has 0 fully saturated rings. The summed E-state index contributed by atoms with van der Waals surface area (Å²) >= 11 is 0. The van der Waals surface area contributed by atoms with E-state index in [1.165, 1.54) is 4.90 Å². The Morgan fingerprint density at radius 3 is 2.48 bits per heavy atom. The predicted octanol–water partition coefficient (Wildman–Crippen LogP) is 1.72. The zero-order chi connectivity index (χ0) is 17.8. The summed E-state index contributed by atoms with van der Waals surface area (Å²) in [4.78, 5) is 37.5. The zero-order valence-electron chi connectivity index (χ0n) is 13.9. The smallest absolute Gasteiger partial charge is 0.261 e. The van der Waals surface area contributed by atoms with Crippen LogP contribution in [0.3, 0.4) is 0 Å². The van der Waals surface area contributed by atoms with Crippen molar-refractivity contribution in [2.45, 2.75) is 26.2 Å². The normalized spacial score (nSPS) is 13.2. The van der Waals surface area contributed by atoms with E-state index in [1.807, 2.05) is 13.0 Å². The minimum Gasteiger partial charge on any atom is -0.361 e. The van der Waals surface area contributed by atoms with E-state index in [-0.39, 0.29) is 30.7 Å². The largest absolute Gasteiger partial charge is 0.361 e. The lowest BCUT2D eigenvalue weighted by atomic mass is 10.1. The maximum atomic E-state index is 12.2. The fourth-order valence-electron chi connectivity index (χ4n) is 2.79. The van der Waals surface area contributed by atoms with Crippen LogP contribution in [0.25, 0.3) is 0 Å². The molecule has 0 unspecified atom stereocenters. The molecule has 0 aliphatic carbocycles. The summed E-state index contributed by atoms with van der Waals surface area (Å²) in [6.45, 7) is 2.53. The lowest BCUT2D eigenvalue weighted by Gasteiger charge is -2.13. The van der Waals surface area contributed by atoms with E-state index in [0.29, 0.717) is 30.5 Å². The quantitative estimate of drug-likeness (QED) is 0.774. The Balaban J connectivity index is 1.40. The molecule has 2 heterocycles. The number of nitrogens with zero attached hydrogens (tertiary/aromatic N) is 2. The van der Waals surface area contributed by atoms with E-state index in [2.05, 4.69) is 10.5 Å². The highest BCUT2D eigenvalue weighted by atomic mass is 16.5. The Hall–Kier alpha value is -2.96. The molecule has 7 heteroatoms. The number of imide groups is 1. The zero-order valence-corrected chi connectivity index (χ0v) is 13.9. The molecule has 3 rings (SSSR count). The molecule has 0 atom stereocenters. The van der Waals surface area contributed by atoms with Crippen LogP contribution in [0.1, 0.15) is 45.0 Å². The van der Waals surface area contributed by atoms with E-state index >= 15 is 0 Å². The van der Waals surface area contributed by atoms with Gasteiger partial charge in [-0.1, -0.05) is 17.3 Å². The number of carbonyl (C=O) groups is 3. The minimum atomic E-state index is -0.290. The Labute approximate surface area is 145 Å². The number of benzene rings is 1. The molecular formula is C18H19N3O4. The van der Waals surface area contributed by atoms with Crippen molar-refractivity contribution in [3.8, 4) is 0 Å². The molecular weight excluding hydrogens is 322 g/mol. The number of amides is 3. The lowest BCUT2D eigenvalue weighted by molar-refractivity contribution is -0.121. The number of carbonyl (C=O) groups excluding carboxylic acids is 3. The van der Waals surface area contributed by atoms with Gasteiger partial charge in [-0.05, 0) is 25.5 Å². The first-order valence-corrected chi connectivity index (χ1v) is 8.20. The topological polar surface area (TPSA) is 92.5 Å². The number of hydrogen-bond donors (Lipinski definition) is 1. The number of rotatable bonds is 7. The molecule has 2 aromatic rings. The third-order valence-corrected chi connectivity index (χ3v) is 4.03. The molecule has 25 heavy (non-hydrogen) atoms. The van der Waals surface area contributed by atoms with Crippen LogP contribution in [0.15, 0.2) is 34.9 Å². The van der Waals surface area contributed by atoms with Crippen molar-refractivity contribution < 1.29 is 18.9 Å². The van der Waals surface area contributed by atoms with Crippen molar-refractivity contribution in [3.05, 3.63) is 52.9 Å². The molecule has 1 aromatic heterocycles. The third kappa shape index (κ3) is 3.76. The van der Waals surface area contributed by atoms with Crippen molar-refractivity contribution in [1.82, 2.24) is 15.4 Å². The summed E-state index contributed by atoms with van der Waals surface area (Å²) in [6.07, 6.45) is 1.26. The second-order valence-corrected chi connectivity index (χ2v) is 5.95. The average molecular weight is 341 g/mol. The first-order valence-electron chi connectivity index (χ1n) is 8.20. The summed E-state index contributed by atoms with van der Waals surface area (Å²) in [5, 5.41) is 6.57. The fourth-order valence-corrected chi connectivity index (χ4v) is 2.79. The van der Waals surface area contributed by atoms with Crippen LogP contribution in [0.5, 0.6) is 0 Å². The monoisotopic (exact) mass is 341 g/mol. The fraction of sp³-hybridized carbons (Fsp3) is 0.333. The van der Waals surface area contributed by atoms with Crippen LogP contribution in [-0.4, -0.2) is 40.9 Å². The van der Waals surface area contributed by atoms with Gasteiger partial charge < -0.3 is 9.84 Å². The molecule has 1 aliphatic heterocycles. The third-order valence-electron chi connectivity index (χ3n) is 4.03. The van der Waals surface area contributed by atoms with Crippen LogP contribution < -0.4 is 5.32 Å². The number of aryl methyl sites for hydroxylation is 1. The number of aromatic nitrogens is 1. The van der Waals surface area contributed by atoms with Crippen molar-refractivity contribution in [2.75, 3.05) is 13.1 Å². The van der Waals surface area contributed by atoms with E-state index in [0.717, 1.165) is 11.5 Å². The molecule has 7 nitrogen and oxygen atoms in total. The van der Waals surface area contributed by atoms with Crippen molar-refractivity contribution >= 4 is 17.7 Å². The van der Waals surface area contributed by atoms with Gasteiger partial charge in [-0.15, -0.1) is 0 Å². The molecule has 0 radical (unpaired) electrons. The van der Waals surface area contributed by atoms with Gasteiger partial charge in [-0.25, -0.2) is 0 Å². The van der Waals surface area contributed by atoms with E-state index in [1.54, 1.807) is 24.3 Å². The van der Waals surface area contributed by atoms with Gasteiger partial charge in [0.1, 0.15) is 5.76 Å². The van der Waals surface area contributed by atoms with Crippen LogP contribution >= 0.6 is 0 Å². The number of nitrogens with one attached hydrogen (secondary N) is 1. The summed E-state index contributed by atoms with van der Waals surface area (Å²) < 4.78 is 5.07. The summed E-state index contributed by atoms with van der Waals surface area (Å²) in [5.74, 6) is 0.0278. The molecule has 1 aromatic carbocycles. The van der Waals surface area contributed by atoms with Crippen LogP contribution in [0.2, 0.25) is 0 Å². The molecule has 130 valence electrons. The van der Waals surface area contributed by atoms with Gasteiger partial charge in [0.05, 0.1) is 16.8 Å². The van der Waals surface area contributed by atoms with Gasteiger partial charge in [-0.3, -0.25) is 19.3 Å². The SMILES string of the molecule is Cc1cc(CCNC(=O)CCCN2C(=O)c3ccccc3C2=O)on1. The number of hydrogen-bond acceptors (Lipinski definition) is 5. The Morgan fingerprint density at radius 1 is 1.20 bits per heavy atom. The van der Waals surface area contributed by atoms with Crippen molar-refractivity contribution in [2.24, 2.45) is 0 Å². The van der Waals surface area contributed by atoms with Crippen molar-refractivity contribution in [1.29, 1.82) is 0 Å². The highest BCUT2D eigenvalue weighted by molar-refractivity contribution is 6.21. The van der Waals surface area contributed by atoms with Crippen LogP contribution in [0, 0.1) is 6.92 Å². The molecule has 0 bridgehead atoms. The molecule has 1 aliphatic rings. The molecule has 1 N–H and O–H groups in total.